The van der Waals surface area contributed by atoms with E-state index in [9.17, 15) is 0 Å². The molecule has 0 saturated heterocycles. The molecule has 0 fully saturated rings. The van der Waals surface area contributed by atoms with Crippen LogP contribution in [0, 0.1) is 3.57 Å². The molecule has 84 valence electrons. The Morgan fingerprint density at radius 2 is 1.93 bits per heavy atom. The molecule has 3 heteroatoms. The molecule has 0 amide bonds. The zero-order valence-corrected chi connectivity index (χ0v) is 11.8. The largest absolute Gasteiger partial charge is 0.384 e. The summed E-state index contributed by atoms with van der Waals surface area (Å²) in [6.07, 6.45) is 0. The van der Waals surface area contributed by atoms with E-state index < -0.39 is 0 Å². The topological polar surface area (TPSA) is 24.1 Å². The Kier molecular flexibility index (Phi) is 4.86. The van der Waals surface area contributed by atoms with E-state index in [2.05, 4.69) is 78.3 Å². The van der Waals surface area contributed by atoms with Crippen molar-refractivity contribution >= 4 is 28.3 Å². The summed E-state index contributed by atoms with van der Waals surface area (Å²) >= 11 is 2.32. The van der Waals surface area contributed by atoms with E-state index in [1.165, 1.54) is 9.26 Å². The molecule has 0 saturated carbocycles. The standard InChI is InChI=1S/C12H19IN2/c1-12(2,3)15-8-7-14-11-6-4-5-10(13)9-11/h4-6,9,14-15H,7-8H2,1-3H3. The predicted octanol–water partition coefficient (Wildman–Crippen LogP) is 3.09. The zero-order valence-electron chi connectivity index (χ0n) is 9.60. The van der Waals surface area contributed by atoms with Gasteiger partial charge in [0.05, 0.1) is 0 Å². The molecule has 0 unspecified atom stereocenters. The number of hydrogen-bond acceptors (Lipinski definition) is 2. The van der Waals surface area contributed by atoms with Gasteiger partial charge in [0.25, 0.3) is 0 Å². The quantitative estimate of drug-likeness (QED) is 0.658. The van der Waals surface area contributed by atoms with Crippen LogP contribution in [0.15, 0.2) is 24.3 Å². The second-order valence-electron chi connectivity index (χ2n) is 4.61. The molecule has 1 aromatic rings. The van der Waals surface area contributed by atoms with Gasteiger partial charge in [-0.25, -0.2) is 0 Å². The molecule has 0 aliphatic heterocycles. The van der Waals surface area contributed by atoms with Gasteiger partial charge >= 0.3 is 0 Å². The Morgan fingerprint density at radius 1 is 1.20 bits per heavy atom. The molecule has 0 radical (unpaired) electrons. The Balaban J connectivity index is 2.26. The molecule has 0 aliphatic rings. The van der Waals surface area contributed by atoms with Crippen molar-refractivity contribution in [2.24, 2.45) is 0 Å². The highest BCUT2D eigenvalue weighted by atomic mass is 127. The van der Waals surface area contributed by atoms with Gasteiger partial charge in [0.15, 0.2) is 0 Å². The highest BCUT2D eigenvalue weighted by Gasteiger charge is 2.06. The summed E-state index contributed by atoms with van der Waals surface area (Å²) < 4.78 is 1.27. The van der Waals surface area contributed by atoms with Crippen LogP contribution in [0.3, 0.4) is 0 Å². The van der Waals surface area contributed by atoms with Crippen LogP contribution < -0.4 is 10.6 Å². The molecule has 15 heavy (non-hydrogen) atoms. The van der Waals surface area contributed by atoms with E-state index >= 15 is 0 Å². The van der Waals surface area contributed by atoms with Crippen LogP contribution in [-0.2, 0) is 0 Å². The third-order valence-corrected chi connectivity index (χ3v) is 2.61. The molecule has 0 spiro atoms. The number of rotatable bonds is 4. The van der Waals surface area contributed by atoms with Crippen LogP contribution in [0.1, 0.15) is 20.8 Å². The summed E-state index contributed by atoms with van der Waals surface area (Å²) in [5, 5.41) is 6.83. The fourth-order valence-corrected chi connectivity index (χ4v) is 1.79. The molecular weight excluding hydrogens is 299 g/mol. The molecular formula is C12H19IN2. The van der Waals surface area contributed by atoms with Gasteiger partial charge in [-0.1, -0.05) is 6.07 Å². The Morgan fingerprint density at radius 3 is 2.53 bits per heavy atom. The lowest BCUT2D eigenvalue weighted by molar-refractivity contribution is 0.435. The highest BCUT2D eigenvalue weighted by molar-refractivity contribution is 14.1. The van der Waals surface area contributed by atoms with E-state index in [0.717, 1.165) is 13.1 Å². The van der Waals surface area contributed by atoms with Gasteiger partial charge in [-0.2, -0.15) is 0 Å². The predicted molar refractivity (Wildman–Crippen MR) is 75.4 cm³/mol. The van der Waals surface area contributed by atoms with Crippen molar-refractivity contribution in [3.63, 3.8) is 0 Å². The van der Waals surface area contributed by atoms with Gasteiger partial charge in [0, 0.05) is 27.9 Å². The average Bonchev–Trinajstić information content (AvgIpc) is 2.11. The second-order valence-corrected chi connectivity index (χ2v) is 5.86. The Hall–Kier alpha value is -0.290. The second kappa shape index (κ2) is 5.70. The molecule has 0 aliphatic carbocycles. The third-order valence-electron chi connectivity index (χ3n) is 1.93. The normalized spacial score (nSPS) is 11.5. The van der Waals surface area contributed by atoms with Crippen LogP contribution in [0.25, 0.3) is 0 Å². The number of benzene rings is 1. The average molecular weight is 318 g/mol. The molecule has 0 heterocycles. The van der Waals surface area contributed by atoms with E-state index in [1.807, 2.05) is 0 Å². The highest BCUT2D eigenvalue weighted by Crippen LogP contribution is 2.11. The van der Waals surface area contributed by atoms with Gasteiger partial charge in [-0.05, 0) is 61.6 Å². The molecule has 1 aromatic carbocycles. The first kappa shape index (κ1) is 12.8. The van der Waals surface area contributed by atoms with Crippen molar-refractivity contribution in [1.82, 2.24) is 5.32 Å². The monoisotopic (exact) mass is 318 g/mol. The van der Waals surface area contributed by atoms with Gasteiger partial charge in [-0.15, -0.1) is 0 Å². The molecule has 0 atom stereocenters. The SMILES string of the molecule is CC(C)(C)NCCNc1cccc(I)c1. The lowest BCUT2D eigenvalue weighted by Crippen LogP contribution is -2.38. The first-order valence-electron chi connectivity index (χ1n) is 5.22. The van der Waals surface area contributed by atoms with Gasteiger partial charge in [0.1, 0.15) is 0 Å². The Labute approximate surface area is 106 Å². The van der Waals surface area contributed by atoms with Crippen LogP contribution >= 0.6 is 22.6 Å². The lowest BCUT2D eigenvalue weighted by atomic mass is 10.1. The fraction of sp³-hybridized carbons (Fsp3) is 0.500. The first-order valence-corrected chi connectivity index (χ1v) is 6.30. The molecule has 2 nitrogen and oxygen atoms in total. The molecule has 0 aromatic heterocycles. The van der Waals surface area contributed by atoms with Gasteiger partial charge in [-0.3, -0.25) is 0 Å². The van der Waals surface area contributed by atoms with E-state index in [0.29, 0.717) is 0 Å². The first-order chi connectivity index (χ1) is 6.97. The number of hydrogen-bond donors (Lipinski definition) is 2. The fourth-order valence-electron chi connectivity index (χ4n) is 1.24. The zero-order chi connectivity index (χ0) is 11.3. The molecule has 0 bridgehead atoms. The lowest BCUT2D eigenvalue weighted by Gasteiger charge is -2.20. The van der Waals surface area contributed by atoms with Crippen molar-refractivity contribution in [2.75, 3.05) is 18.4 Å². The number of nitrogens with one attached hydrogen (secondary N) is 2. The van der Waals surface area contributed by atoms with Gasteiger partial charge in [0.2, 0.25) is 0 Å². The number of halogens is 1. The summed E-state index contributed by atoms with van der Waals surface area (Å²) in [5.74, 6) is 0. The Bertz CT molecular complexity index is 305. The van der Waals surface area contributed by atoms with Crippen molar-refractivity contribution in [2.45, 2.75) is 26.3 Å². The third kappa shape index (κ3) is 5.99. The molecule has 1 rings (SSSR count). The minimum absolute atomic E-state index is 0.201. The summed E-state index contributed by atoms with van der Waals surface area (Å²) in [6.45, 7) is 8.47. The maximum atomic E-state index is 3.44. The van der Waals surface area contributed by atoms with Crippen LogP contribution in [0.4, 0.5) is 5.69 Å². The van der Waals surface area contributed by atoms with E-state index in [4.69, 9.17) is 0 Å². The van der Waals surface area contributed by atoms with Crippen molar-refractivity contribution in [3.05, 3.63) is 27.8 Å². The summed E-state index contributed by atoms with van der Waals surface area (Å²) in [6, 6.07) is 8.41. The van der Waals surface area contributed by atoms with Crippen LogP contribution in [0.2, 0.25) is 0 Å². The van der Waals surface area contributed by atoms with E-state index in [-0.39, 0.29) is 5.54 Å². The molecule has 2 N–H and O–H groups in total. The smallest absolute Gasteiger partial charge is 0.0351 e. The van der Waals surface area contributed by atoms with Gasteiger partial charge < -0.3 is 10.6 Å². The van der Waals surface area contributed by atoms with Crippen molar-refractivity contribution in [1.29, 1.82) is 0 Å². The van der Waals surface area contributed by atoms with Crippen LogP contribution in [-0.4, -0.2) is 18.6 Å². The maximum Gasteiger partial charge on any atom is 0.0351 e. The summed E-state index contributed by atoms with van der Waals surface area (Å²) in [4.78, 5) is 0. The summed E-state index contributed by atoms with van der Waals surface area (Å²) in [7, 11) is 0. The maximum absolute atomic E-state index is 3.44. The van der Waals surface area contributed by atoms with E-state index in [1.54, 1.807) is 0 Å². The summed E-state index contributed by atoms with van der Waals surface area (Å²) in [5.41, 5.74) is 1.39. The minimum atomic E-state index is 0.201. The minimum Gasteiger partial charge on any atom is -0.384 e. The van der Waals surface area contributed by atoms with Crippen molar-refractivity contribution < 1.29 is 0 Å². The van der Waals surface area contributed by atoms with Crippen LogP contribution in [0.5, 0.6) is 0 Å². The van der Waals surface area contributed by atoms with Crippen molar-refractivity contribution in [3.8, 4) is 0 Å². The number of anilines is 1.